The second-order valence-corrected chi connectivity index (χ2v) is 6.03. The van der Waals surface area contributed by atoms with Gasteiger partial charge in [-0.2, -0.15) is 8.73 Å². The van der Waals surface area contributed by atoms with Gasteiger partial charge in [-0.15, -0.1) is 0 Å². The normalized spacial score (nSPS) is 12.2. The minimum atomic E-state index is -0.448. The zero-order valence-electron chi connectivity index (χ0n) is 10.3. The molecule has 108 valence electrons. The molecule has 0 unspecified atom stereocenters. The third kappa shape index (κ3) is 2.92. The molecule has 0 fully saturated rings. The highest BCUT2D eigenvalue weighted by atomic mass is 35.5. The van der Waals surface area contributed by atoms with Crippen LogP contribution in [0, 0.1) is 5.82 Å². The van der Waals surface area contributed by atoms with Crippen LogP contribution in [0.25, 0.3) is 0 Å². The van der Waals surface area contributed by atoms with Crippen molar-refractivity contribution in [1.29, 1.82) is 0 Å². The average Bonchev–Trinajstić information content (AvgIpc) is 2.92. The predicted molar refractivity (Wildman–Crippen MR) is 86.7 cm³/mol. The van der Waals surface area contributed by atoms with Crippen LogP contribution in [0.15, 0.2) is 33.0 Å². The SMILES string of the molecule is Fc1ccc(CNc2c(Cl)cc(Cl)c3c2N=S=N3)cc1Cl. The molecule has 2 aromatic rings. The van der Waals surface area contributed by atoms with Gasteiger partial charge in [-0.05, 0) is 23.8 Å². The molecule has 2 aromatic carbocycles. The molecule has 0 saturated heterocycles. The van der Waals surface area contributed by atoms with Gasteiger partial charge in [-0.25, -0.2) is 4.39 Å². The zero-order valence-corrected chi connectivity index (χ0v) is 13.4. The summed E-state index contributed by atoms with van der Waals surface area (Å²) in [6.07, 6.45) is 0. The molecule has 21 heavy (non-hydrogen) atoms. The lowest BCUT2D eigenvalue weighted by Crippen LogP contribution is -2.00. The Balaban J connectivity index is 1.88. The molecule has 0 saturated carbocycles. The van der Waals surface area contributed by atoms with Crippen LogP contribution in [0.3, 0.4) is 0 Å². The number of hydrogen-bond donors (Lipinski definition) is 1. The van der Waals surface area contributed by atoms with Gasteiger partial charge in [0.1, 0.15) is 17.2 Å². The zero-order chi connectivity index (χ0) is 15.0. The summed E-state index contributed by atoms with van der Waals surface area (Å²) in [5.41, 5.74) is 2.69. The van der Waals surface area contributed by atoms with Crippen molar-refractivity contribution in [3.8, 4) is 0 Å². The molecule has 0 spiro atoms. The van der Waals surface area contributed by atoms with E-state index in [1.165, 1.54) is 6.07 Å². The number of nitrogens with zero attached hydrogens (tertiary/aromatic N) is 2. The smallest absolute Gasteiger partial charge is 0.141 e. The highest BCUT2D eigenvalue weighted by molar-refractivity contribution is 7.58. The Bertz CT molecular complexity index is 804. The largest absolute Gasteiger partial charge is 0.378 e. The number of rotatable bonds is 3. The second-order valence-electron chi connectivity index (χ2n) is 4.28. The molecule has 3 nitrogen and oxygen atoms in total. The van der Waals surface area contributed by atoms with Gasteiger partial charge in [0.25, 0.3) is 0 Å². The van der Waals surface area contributed by atoms with Crippen molar-refractivity contribution >= 4 is 63.2 Å². The molecule has 0 amide bonds. The minimum absolute atomic E-state index is 0.0805. The lowest BCUT2D eigenvalue weighted by atomic mass is 10.2. The fraction of sp³-hybridized carbons (Fsp3) is 0.0769. The van der Waals surface area contributed by atoms with E-state index in [2.05, 4.69) is 14.0 Å². The molecule has 0 atom stereocenters. The summed E-state index contributed by atoms with van der Waals surface area (Å²) in [6.45, 7) is 0.425. The lowest BCUT2D eigenvalue weighted by molar-refractivity contribution is 0.627. The van der Waals surface area contributed by atoms with Gasteiger partial charge in [0.15, 0.2) is 0 Å². The predicted octanol–water partition coefficient (Wildman–Crippen LogP) is 6.12. The third-order valence-electron chi connectivity index (χ3n) is 2.90. The number of fused-ring (bicyclic) bond motifs is 1. The molecule has 3 rings (SSSR count). The number of benzene rings is 2. The van der Waals surface area contributed by atoms with Gasteiger partial charge < -0.3 is 5.32 Å². The van der Waals surface area contributed by atoms with Crippen LogP contribution in [0.5, 0.6) is 0 Å². The van der Waals surface area contributed by atoms with E-state index >= 15 is 0 Å². The summed E-state index contributed by atoms with van der Waals surface area (Å²) in [6, 6.07) is 6.15. The molecule has 0 bridgehead atoms. The van der Waals surface area contributed by atoms with Crippen molar-refractivity contribution < 1.29 is 4.39 Å². The van der Waals surface area contributed by atoms with E-state index in [0.29, 0.717) is 33.7 Å². The molecule has 1 aliphatic rings. The van der Waals surface area contributed by atoms with Crippen LogP contribution in [-0.4, -0.2) is 0 Å². The van der Waals surface area contributed by atoms with Gasteiger partial charge in [-0.1, -0.05) is 40.9 Å². The Labute approximate surface area is 138 Å². The van der Waals surface area contributed by atoms with E-state index in [-0.39, 0.29) is 5.02 Å². The topological polar surface area (TPSA) is 36.8 Å². The highest BCUT2D eigenvalue weighted by Gasteiger charge is 2.18. The van der Waals surface area contributed by atoms with E-state index in [1.54, 1.807) is 18.2 Å². The Hall–Kier alpha value is -1.14. The Morgan fingerprint density at radius 2 is 1.76 bits per heavy atom. The Morgan fingerprint density at radius 3 is 2.52 bits per heavy atom. The summed E-state index contributed by atoms with van der Waals surface area (Å²) >= 11 is 19.1. The van der Waals surface area contributed by atoms with Gasteiger partial charge in [0, 0.05) is 6.54 Å². The minimum Gasteiger partial charge on any atom is -0.378 e. The van der Waals surface area contributed by atoms with Crippen molar-refractivity contribution in [2.24, 2.45) is 8.73 Å². The quantitative estimate of drug-likeness (QED) is 0.598. The standard InChI is InChI=1S/C13H7Cl3FN3S/c14-7-3-6(1-2-10(7)17)5-18-11-8(15)4-9(16)12-13(11)20-21-19-12/h1-4,18H,5H2. The highest BCUT2D eigenvalue weighted by Crippen LogP contribution is 2.47. The summed E-state index contributed by atoms with van der Waals surface area (Å²) < 4.78 is 21.5. The molecule has 8 heteroatoms. The van der Waals surface area contributed by atoms with Crippen LogP contribution in [0.4, 0.5) is 21.5 Å². The van der Waals surface area contributed by atoms with Crippen LogP contribution in [0.2, 0.25) is 15.1 Å². The number of hydrogen-bond acceptors (Lipinski definition) is 3. The van der Waals surface area contributed by atoms with Crippen LogP contribution < -0.4 is 5.32 Å². The second kappa shape index (κ2) is 5.93. The third-order valence-corrected chi connectivity index (χ3v) is 4.30. The maximum Gasteiger partial charge on any atom is 0.141 e. The molecule has 0 aromatic heterocycles. The van der Waals surface area contributed by atoms with Crippen molar-refractivity contribution in [1.82, 2.24) is 0 Å². The van der Waals surface area contributed by atoms with Gasteiger partial charge in [0.2, 0.25) is 0 Å². The lowest BCUT2D eigenvalue weighted by Gasteiger charge is -2.12. The molecule has 1 N–H and O–H groups in total. The summed E-state index contributed by atoms with van der Waals surface area (Å²) in [7, 11) is 0. The maximum absolute atomic E-state index is 13.1. The summed E-state index contributed by atoms with van der Waals surface area (Å²) in [4.78, 5) is 0. The Morgan fingerprint density at radius 1 is 1.00 bits per heavy atom. The van der Waals surface area contributed by atoms with E-state index in [4.69, 9.17) is 34.8 Å². The fourth-order valence-electron chi connectivity index (χ4n) is 1.88. The first-order valence-electron chi connectivity index (χ1n) is 5.84. The van der Waals surface area contributed by atoms with E-state index in [9.17, 15) is 4.39 Å². The van der Waals surface area contributed by atoms with Crippen LogP contribution >= 0.6 is 34.8 Å². The first-order chi connectivity index (χ1) is 10.1. The van der Waals surface area contributed by atoms with Crippen LogP contribution in [0.1, 0.15) is 5.56 Å². The molecular formula is C13H7Cl3FN3S. The van der Waals surface area contributed by atoms with Crippen molar-refractivity contribution in [3.05, 3.63) is 50.7 Å². The summed E-state index contributed by atoms with van der Waals surface area (Å²) in [5, 5.41) is 4.16. The first kappa shape index (κ1) is 14.8. The van der Waals surface area contributed by atoms with Gasteiger partial charge in [-0.3, -0.25) is 0 Å². The summed E-state index contributed by atoms with van der Waals surface area (Å²) in [5.74, 6) is -0.448. The van der Waals surface area contributed by atoms with E-state index in [1.807, 2.05) is 0 Å². The molecule has 1 heterocycles. The van der Waals surface area contributed by atoms with Crippen LogP contribution in [-0.2, 0) is 17.9 Å². The van der Waals surface area contributed by atoms with Gasteiger partial charge in [0.05, 0.1) is 32.1 Å². The molecular weight excluding hydrogens is 356 g/mol. The average molecular weight is 363 g/mol. The molecule has 1 aliphatic heterocycles. The molecule has 0 aliphatic carbocycles. The Kier molecular flexibility index (Phi) is 4.17. The van der Waals surface area contributed by atoms with Gasteiger partial charge >= 0.3 is 0 Å². The number of anilines is 1. The number of halogens is 4. The fourth-order valence-corrected chi connectivity index (χ4v) is 3.26. The number of nitrogens with one attached hydrogen (secondary N) is 1. The van der Waals surface area contributed by atoms with Crippen molar-refractivity contribution in [3.63, 3.8) is 0 Å². The first-order valence-corrected chi connectivity index (χ1v) is 7.70. The van der Waals surface area contributed by atoms with Crippen molar-refractivity contribution in [2.75, 3.05) is 5.32 Å². The van der Waals surface area contributed by atoms with E-state index in [0.717, 1.165) is 16.9 Å². The monoisotopic (exact) mass is 361 g/mol. The molecule has 0 radical (unpaired) electrons. The van der Waals surface area contributed by atoms with E-state index < -0.39 is 5.82 Å². The maximum atomic E-state index is 13.1. The van der Waals surface area contributed by atoms with Crippen molar-refractivity contribution in [2.45, 2.75) is 6.54 Å².